The van der Waals surface area contributed by atoms with Crippen molar-refractivity contribution in [2.45, 2.75) is 24.5 Å². The van der Waals surface area contributed by atoms with Crippen molar-refractivity contribution in [3.05, 3.63) is 54.6 Å². The number of halogens is 2. The quantitative estimate of drug-likeness (QED) is 0.718. The summed E-state index contributed by atoms with van der Waals surface area (Å²) in [5.41, 5.74) is 0.153. The molecule has 7 nitrogen and oxygen atoms in total. The summed E-state index contributed by atoms with van der Waals surface area (Å²) >= 11 is 0. The fourth-order valence-corrected chi connectivity index (χ4v) is 4.69. The number of sulfonamides is 1. The van der Waals surface area contributed by atoms with Gasteiger partial charge in [-0.2, -0.15) is 13.1 Å². The third-order valence-electron chi connectivity index (χ3n) is 4.94. The number of nitrogens with one attached hydrogen (secondary N) is 1. The zero-order chi connectivity index (χ0) is 21.7. The molecule has 0 radical (unpaired) electrons. The van der Waals surface area contributed by atoms with Crippen LogP contribution in [0.4, 0.5) is 14.5 Å². The Balaban J connectivity index is 1.60. The van der Waals surface area contributed by atoms with Gasteiger partial charge >= 0.3 is 6.61 Å². The van der Waals surface area contributed by atoms with Crippen LogP contribution in [0, 0.1) is 0 Å². The second-order valence-corrected chi connectivity index (χ2v) is 8.73. The molecule has 1 aliphatic heterocycles. The number of ether oxygens (including phenoxy) is 1. The number of nitrogens with zero attached hydrogens (tertiary/aromatic N) is 2. The van der Waals surface area contributed by atoms with E-state index in [1.165, 1.54) is 22.5 Å². The third kappa shape index (κ3) is 5.13. The number of benzene rings is 2. The van der Waals surface area contributed by atoms with E-state index in [0.29, 0.717) is 13.1 Å². The van der Waals surface area contributed by atoms with Crippen molar-refractivity contribution in [1.82, 2.24) is 9.21 Å². The van der Waals surface area contributed by atoms with Gasteiger partial charge in [-0.25, -0.2) is 8.42 Å². The molecule has 2 aromatic carbocycles. The Labute approximate surface area is 174 Å². The van der Waals surface area contributed by atoms with Gasteiger partial charge in [-0.05, 0) is 31.2 Å². The molecule has 1 amide bonds. The van der Waals surface area contributed by atoms with E-state index in [2.05, 4.69) is 10.1 Å². The first-order valence-corrected chi connectivity index (χ1v) is 10.9. The first kappa shape index (κ1) is 22.1. The number of anilines is 1. The topological polar surface area (TPSA) is 79.0 Å². The van der Waals surface area contributed by atoms with Crippen LogP contribution in [0.1, 0.15) is 6.92 Å². The van der Waals surface area contributed by atoms with Gasteiger partial charge in [0.2, 0.25) is 15.9 Å². The molecule has 0 bridgehead atoms. The fourth-order valence-electron chi connectivity index (χ4n) is 3.24. The molecule has 0 aromatic heterocycles. The molecule has 1 unspecified atom stereocenters. The Morgan fingerprint density at radius 3 is 2.23 bits per heavy atom. The molecule has 1 saturated heterocycles. The van der Waals surface area contributed by atoms with Crippen molar-refractivity contribution < 1.29 is 26.7 Å². The molecule has 10 heteroatoms. The molecule has 1 N–H and O–H groups in total. The molecular formula is C20H23F2N3O4S. The van der Waals surface area contributed by atoms with E-state index in [0.717, 1.165) is 0 Å². The lowest BCUT2D eigenvalue weighted by atomic mass is 10.2. The summed E-state index contributed by atoms with van der Waals surface area (Å²) in [5, 5.41) is 2.61. The second kappa shape index (κ2) is 9.50. The smallest absolute Gasteiger partial charge is 0.387 e. The largest absolute Gasteiger partial charge is 0.433 e. The maximum atomic E-state index is 12.7. The molecule has 1 heterocycles. The average molecular weight is 439 g/mol. The highest BCUT2D eigenvalue weighted by Crippen LogP contribution is 2.26. The third-order valence-corrected chi connectivity index (χ3v) is 6.86. The zero-order valence-electron chi connectivity index (χ0n) is 16.4. The summed E-state index contributed by atoms with van der Waals surface area (Å²) in [5.74, 6) is -0.508. The average Bonchev–Trinajstić information content (AvgIpc) is 2.75. The number of para-hydroxylation sites is 2. The number of alkyl halides is 2. The van der Waals surface area contributed by atoms with Gasteiger partial charge in [0.1, 0.15) is 5.75 Å². The molecular weight excluding hydrogens is 416 g/mol. The van der Waals surface area contributed by atoms with E-state index in [1.807, 2.05) is 4.90 Å². The zero-order valence-corrected chi connectivity index (χ0v) is 17.2. The first-order valence-electron chi connectivity index (χ1n) is 9.43. The summed E-state index contributed by atoms with van der Waals surface area (Å²) in [7, 11) is -3.58. The van der Waals surface area contributed by atoms with E-state index >= 15 is 0 Å². The van der Waals surface area contributed by atoms with Gasteiger partial charge in [-0.3, -0.25) is 9.69 Å². The van der Waals surface area contributed by atoms with Crippen molar-refractivity contribution in [1.29, 1.82) is 0 Å². The van der Waals surface area contributed by atoms with Gasteiger partial charge < -0.3 is 10.1 Å². The van der Waals surface area contributed by atoms with Crippen LogP contribution in [-0.4, -0.2) is 62.4 Å². The summed E-state index contributed by atoms with van der Waals surface area (Å²) in [6, 6.07) is 13.6. The van der Waals surface area contributed by atoms with E-state index in [1.54, 1.807) is 43.3 Å². The molecule has 0 saturated carbocycles. The summed E-state index contributed by atoms with van der Waals surface area (Å²) in [4.78, 5) is 14.7. The highest BCUT2D eigenvalue weighted by molar-refractivity contribution is 7.89. The van der Waals surface area contributed by atoms with Crippen LogP contribution in [0.2, 0.25) is 0 Å². The molecule has 1 fully saturated rings. The van der Waals surface area contributed by atoms with Crippen molar-refractivity contribution in [2.75, 3.05) is 31.5 Å². The minimum atomic E-state index is -3.58. The monoisotopic (exact) mass is 439 g/mol. The SMILES string of the molecule is CC(C(=O)Nc1ccccc1OC(F)F)N1CCN(S(=O)(=O)c2ccccc2)CC1. The van der Waals surface area contributed by atoms with E-state index in [-0.39, 0.29) is 35.3 Å². The van der Waals surface area contributed by atoms with Crippen LogP contribution < -0.4 is 10.1 Å². The van der Waals surface area contributed by atoms with E-state index in [4.69, 9.17) is 0 Å². The lowest BCUT2D eigenvalue weighted by molar-refractivity contribution is -0.121. The van der Waals surface area contributed by atoms with E-state index in [9.17, 15) is 22.0 Å². The van der Waals surface area contributed by atoms with Gasteiger partial charge in [0.15, 0.2) is 0 Å². The maximum absolute atomic E-state index is 12.7. The fraction of sp³-hybridized carbons (Fsp3) is 0.350. The van der Waals surface area contributed by atoms with Gasteiger partial charge in [0.05, 0.1) is 16.6 Å². The highest BCUT2D eigenvalue weighted by atomic mass is 32.2. The number of amides is 1. The van der Waals surface area contributed by atoms with Gasteiger partial charge in [0, 0.05) is 26.2 Å². The van der Waals surface area contributed by atoms with Crippen LogP contribution in [0.15, 0.2) is 59.5 Å². The lowest BCUT2D eigenvalue weighted by Gasteiger charge is -2.36. The normalized spacial score (nSPS) is 16.9. The molecule has 2 aromatic rings. The van der Waals surface area contributed by atoms with Crippen LogP contribution >= 0.6 is 0 Å². The van der Waals surface area contributed by atoms with Gasteiger partial charge in [-0.1, -0.05) is 30.3 Å². The molecule has 0 spiro atoms. The summed E-state index contributed by atoms with van der Waals surface area (Å²) in [6.07, 6.45) is 0. The molecule has 162 valence electrons. The number of rotatable bonds is 7. The minimum Gasteiger partial charge on any atom is -0.433 e. The number of hydrogen-bond donors (Lipinski definition) is 1. The van der Waals surface area contributed by atoms with E-state index < -0.39 is 22.7 Å². The molecule has 30 heavy (non-hydrogen) atoms. The summed E-state index contributed by atoms with van der Waals surface area (Å²) < 4.78 is 56.4. The minimum absolute atomic E-state index is 0.119. The summed E-state index contributed by atoms with van der Waals surface area (Å²) in [6.45, 7) is -0.0705. The second-order valence-electron chi connectivity index (χ2n) is 6.79. The Kier molecular flexibility index (Phi) is 7.01. The number of hydrogen-bond acceptors (Lipinski definition) is 5. The highest BCUT2D eigenvalue weighted by Gasteiger charge is 2.32. The molecule has 3 rings (SSSR count). The van der Waals surface area contributed by atoms with Crippen molar-refractivity contribution >= 4 is 21.6 Å². The van der Waals surface area contributed by atoms with Crippen molar-refractivity contribution in [3.63, 3.8) is 0 Å². The van der Waals surface area contributed by atoms with Gasteiger partial charge in [0.25, 0.3) is 0 Å². The van der Waals surface area contributed by atoms with Crippen LogP contribution in [0.3, 0.4) is 0 Å². The predicted octanol–water partition coefficient (Wildman–Crippen LogP) is 2.62. The number of carbonyl (C=O) groups excluding carboxylic acids is 1. The lowest BCUT2D eigenvalue weighted by Crippen LogP contribution is -2.53. The van der Waals surface area contributed by atoms with Crippen molar-refractivity contribution in [2.24, 2.45) is 0 Å². The van der Waals surface area contributed by atoms with Crippen molar-refractivity contribution in [3.8, 4) is 5.75 Å². The molecule has 1 atom stereocenters. The van der Waals surface area contributed by atoms with Crippen LogP contribution in [0.5, 0.6) is 5.75 Å². The Bertz CT molecular complexity index is 965. The number of piperazine rings is 1. The Morgan fingerprint density at radius 1 is 1.00 bits per heavy atom. The number of carbonyl (C=O) groups is 1. The van der Waals surface area contributed by atoms with Crippen LogP contribution in [0.25, 0.3) is 0 Å². The molecule has 0 aliphatic carbocycles. The maximum Gasteiger partial charge on any atom is 0.387 e. The Hall–Kier alpha value is -2.56. The first-order chi connectivity index (χ1) is 14.3. The standard InChI is InChI=1S/C20H23F2N3O4S/c1-15(19(26)23-17-9-5-6-10-18(17)29-20(21)22)24-11-13-25(14-12-24)30(27,28)16-7-3-2-4-8-16/h2-10,15,20H,11-14H2,1H3,(H,23,26). The molecule has 1 aliphatic rings. The van der Waals surface area contributed by atoms with Crippen LogP contribution in [-0.2, 0) is 14.8 Å². The predicted molar refractivity (Wildman–Crippen MR) is 108 cm³/mol. The Morgan fingerprint density at radius 2 is 1.60 bits per heavy atom. The van der Waals surface area contributed by atoms with Gasteiger partial charge in [-0.15, -0.1) is 0 Å².